The maximum Gasteiger partial charge on any atom is 0.417 e. The molecule has 0 aliphatic rings. The van der Waals surface area contributed by atoms with E-state index in [1.807, 2.05) is 0 Å². The number of halogens is 4. The van der Waals surface area contributed by atoms with Crippen molar-refractivity contribution in [2.45, 2.75) is 37.0 Å². The van der Waals surface area contributed by atoms with Gasteiger partial charge in [0.15, 0.2) is 0 Å². The van der Waals surface area contributed by atoms with Crippen molar-refractivity contribution in [1.29, 1.82) is 0 Å². The van der Waals surface area contributed by atoms with Gasteiger partial charge in [-0.05, 0) is 54.4 Å². The van der Waals surface area contributed by atoms with Gasteiger partial charge in [0.25, 0.3) is 10.0 Å². The quantitative estimate of drug-likeness (QED) is 0.325. The minimum Gasteiger partial charge on any atom is -0.497 e. The van der Waals surface area contributed by atoms with Gasteiger partial charge in [0, 0.05) is 13.6 Å². The van der Waals surface area contributed by atoms with Crippen LogP contribution in [-0.4, -0.2) is 51.9 Å². The first-order valence-corrected chi connectivity index (χ1v) is 14.2. The van der Waals surface area contributed by atoms with E-state index >= 15 is 0 Å². The molecule has 1 atom stereocenters. The van der Waals surface area contributed by atoms with Crippen molar-refractivity contribution < 1.29 is 35.9 Å². The average molecular weight is 612 g/mol. The van der Waals surface area contributed by atoms with Gasteiger partial charge in [-0.25, -0.2) is 8.42 Å². The molecule has 0 aromatic heterocycles. The van der Waals surface area contributed by atoms with E-state index in [9.17, 15) is 31.2 Å². The van der Waals surface area contributed by atoms with Crippen LogP contribution in [0.1, 0.15) is 24.5 Å². The van der Waals surface area contributed by atoms with E-state index in [4.69, 9.17) is 16.3 Å². The average Bonchev–Trinajstić information content (AvgIpc) is 2.95. The van der Waals surface area contributed by atoms with E-state index in [2.05, 4.69) is 5.32 Å². The lowest BCUT2D eigenvalue weighted by atomic mass is 10.1. The maximum atomic E-state index is 13.9. The molecule has 0 spiro atoms. The number of rotatable bonds is 11. The fourth-order valence-corrected chi connectivity index (χ4v) is 5.84. The molecule has 0 bridgehead atoms. The molecule has 0 saturated heterocycles. The summed E-state index contributed by atoms with van der Waals surface area (Å²) in [5.41, 5.74) is -1.10. The Hall–Kier alpha value is -3.77. The highest BCUT2D eigenvalue weighted by molar-refractivity contribution is 7.92. The zero-order valence-electron chi connectivity index (χ0n) is 22.5. The molecule has 41 heavy (non-hydrogen) atoms. The van der Waals surface area contributed by atoms with Crippen molar-refractivity contribution >= 4 is 39.1 Å². The highest BCUT2D eigenvalue weighted by atomic mass is 35.5. The first-order valence-electron chi connectivity index (χ1n) is 12.4. The molecule has 0 fully saturated rings. The number of methoxy groups -OCH3 is 1. The predicted molar refractivity (Wildman–Crippen MR) is 149 cm³/mol. The molecule has 220 valence electrons. The van der Waals surface area contributed by atoms with Crippen LogP contribution in [0.5, 0.6) is 5.75 Å². The highest BCUT2D eigenvalue weighted by Crippen LogP contribution is 2.38. The number of hydrogen-bond acceptors (Lipinski definition) is 5. The summed E-state index contributed by atoms with van der Waals surface area (Å²) in [6.45, 7) is 0.683. The molecule has 0 heterocycles. The fraction of sp³-hybridized carbons (Fsp3) is 0.286. The third kappa shape index (κ3) is 7.50. The van der Waals surface area contributed by atoms with Gasteiger partial charge >= 0.3 is 6.18 Å². The Bertz CT molecular complexity index is 1490. The zero-order chi connectivity index (χ0) is 30.4. The summed E-state index contributed by atoms with van der Waals surface area (Å²) in [5, 5.41) is 1.87. The molecule has 0 aliphatic heterocycles. The largest absolute Gasteiger partial charge is 0.497 e. The summed E-state index contributed by atoms with van der Waals surface area (Å²) in [6.07, 6.45) is -4.70. The summed E-state index contributed by atoms with van der Waals surface area (Å²) < 4.78 is 74.4. The van der Waals surface area contributed by atoms with Crippen LogP contribution in [0, 0.1) is 0 Å². The number of anilines is 1. The van der Waals surface area contributed by atoms with Gasteiger partial charge in [0.2, 0.25) is 11.8 Å². The molecule has 0 saturated carbocycles. The van der Waals surface area contributed by atoms with E-state index in [0.717, 1.165) is 12.1 Å². The van der Waals surface area contributed by atoms with Crippen LogP contribution in [0.3, 0.4) is 0 Å². The lowest BCUT2D eigenvalue weighted by Gasteiger charge is -2.33. The van der Waals surface area contributed by atoms with Crippen molar-refractivity contribution in [1.82, 2.24) is 10.2 Å². The Morgan fingerprint density at radius 3 is 2.29 bits per heavy atom. The Balaban J connectivity index is 2.14. The van der Waals surface area contributed by atoms with Crippen LogP contribution in [0.2, 0.25) is 5.02 Å². The van der Waals surface area contributed by atoms with Crippen LogP contribution in [0.4, 0.5) is 18.9 Å². The Morgan fingerprint density at radius 1 is 1.02 bits per heavy atom. The number of nitrogens with zero attached hydrogens (tertiary/aromatic N) is 2. The summed E-state index contributed by atoms with van der Waals surface area (Å²) in [5.74, 6) is -0.810. The number of amides is 2. The number of hydrogen-bond donors (Lipinski definition) is 1. The number of carbonyl (C=O) groups is 2. The summed E-state index contributed by atoms with van der Waals surface area (Å²) in [6, 6.07) is 15.3. The van der Waals surface area contributed by atoms with Gasteiger partial charge in [-0.3, -0.25) is 13.9 Å². The SMILES string of the molecule is CC[C@H](C(=O)NC)N(Cc1cccc(OC)c1)C(=O)CN(c1ccc(Cl)c(C(F)(F)F)c1)S(=O)(=O)c1ccccc1. The van der Waals surface area contributed by atoms with Crippen LogP contribution < -0.4 is 14.4 Å². The van der Waals surface area contributed by atoms with Crippen molar-refractivity contribution in [3.8, 4) is 5.75 Å². The first kappa shape index (κ1) is 31.8. The van der Waals surface area contributed by atoms with E-state index in [-0.39, 0.29) is 17.9 Å². The molecule has 1 N–H and O–H groups in total. The summed E-state index contributed by atoms with van der Waals surface area (Å²) in [7, 11) is -1.68. The zero-order valence-corrected chi connectivity index (χ0v) is 24.1. The minimum atomic E-state index is -4.88. The second-order valence-corrected chi connectivity index (χ2v) is 11.2. The van der Waals surface area contributed by atoms with Gasteiger partial charge in [-0.2, -0.15) is 13.2 Å². The second-order valence-electron chi connectivity index (χ2n) is 8.90. The van der Waals surface area contributed by atoms with Crippen molar-refractivity contribution in [3.05, 3.63) is 88.9 Å². The van der Waals surface area contributed by atoms with Gasteiger partial charge in [0.05, 0.1) is 28.3 Å². The number of benzene rings is 3. The molecule has 2 amide bonds. The third-order valence-corrected chi connectivity index (χ3v) is 8.39. The maximum absolute atomic E-state index is 13.9. The molecule has 8 nitrogen and oxygen atoms in total. The van der Waals surface area contributed by atoms with Gasteiger partial charge < -0.3 is 15.0 Å². The molecule has 13 heteroatoms. The number of nitrogens with one attached hydrogen (secondary N) is 1. The summed E-state index contributed by atoms with van der Waals surface area (Å²) >= 11 is 5.78. The number of ether oxygens (including phenoxy) is 1. The molecule has 3 aromatic carbocycles. The molecular formula is C28H29ClF3N3O5S. The molecule has 3 aromatic rings. The monoisotopic (exact) mass is 611 g/mol. The molecule has 3 rings (SSSR count). The fourth-order valence-electron chi connectivity index (χ4n) is 4.19. The number of sulfonamides is 1. The number of likely N-dealkylation sites (N-methyl/N-ethyl adjacent to an activating group) is 1. The van der Waals surface area contributed by atoms with Gasteiger partial charge in [0.1, 0.15) is 18.3 Å². The van der Waals surface area contributed by atoms with Crippen LogP contribution in [0.15, 0.2) is 77.7 Å². The number of carbonyl (C=O) groups excluding carboxylic acids is 2. The summed E-state index contributed by atoms with van der Waals surface area (Å²) in [4.78, 5) is 27.6. The first-order chi connectivity index (χ1) is 19.3. The minimum absolute atomic E-state index is 0.102. The van der Waals surface area contributed by atoms with Crippen molar-refractivity contribution in [3.63, 3.8) is 0 Å². The van der Waals surface area contributed by atoms with Crippen molar-refractivity contribution in [2.24, 2.45) is 0 Å². The van der Waals surface area contributed by atoms with Gasteiger partial charge in [-0.15, -0.1) is 0 Å². The van der Waals surface area contributed by atoms with Crippen molar-refractivity contribution in [2.75, 3.05) is 25.0 Å². The van der Waals surface area contributed by atoms with Crippen LogP contribution >= 0.6 is 11.6 Å². The standard InChI is InChI=1S/C28H29ClF3N3O5S/c1-4-25(27(37)33-2)34(17-19-9-8-10-21(15-19)40-3)26(36)18-35(41(38,39)22-11-6-5-7-12-22)20-13-14-24(29)23(16-20)28(30,31)32/h5-16,25H,4,17-18H2,1-3H3,(H,33,37)/t25-/m1/s1. The molecule has 0 aliphatic carbocycles. The molecule has 0 radical (unpaired) electrons. The molecular weight excluding hydrogens is 583 g/mol. The third-order valence-electron chi connectivity index (χ3n) is 6.27. The lowest BCUT2D eigenvalue weighted by Crippen LogP contribution is -2.51. The number of alkyl halides is 3. The smallest absolute Gasteiger partial charge is 0.417 e. The second kappa shape index (κ2) is 13.3. The van der Waals surface area contributed by atoms with Crippen LogP contribution in [-0.2, 0) is 32.3 Å². The predicted octanol–water partition coefficient (Wildman–Crippen LogP) is 5.12. The van der Waals surface area contributed by atoms with E-state index < -0.39 is 56.9 Å². The van der Waals surface area contributed by atoms with E-state index in [1.54, 1.807) is 37.3 Å². The van der Waals surface area contributed by atoms with E-state index in [1.165, 1.54) is 43.3 Å². The van der Waals surface area contributed by atoms with E-state index in [0.29, 0.717) is 21.7 Å². The van der Waals surface area contributed by atoms with Gasteiger partial charge in [-0.1, -0.05) is 48.9 Å². The van der Waals surface area contributed by atoms with Crippen LogP contribution in [0.25, 0.3) is 0 Å². The Morgan fingerprint density at radius 2 is 1.71 bits per heavy atom. The Labute approximate surface area is 241 Å². The molecule has 0 unspecified atom stereocenters. The highest BCUT2D eigenvalue weighted by Gasteiger charge is 2.37. The normalized spacial score (nSPS) is 12.4. The Kier molecular flexibility index (Phi) is 10.3. The topological polar surface area (TPSA) is 96.0 Å². The lowest BCUT2D eigenvalue weighted by molar-refractivity contribution is -0.140.